The molecule has 8 nitrogen and oxygen atoms in total. The maximum Gasteiger partial charge on any atom is 0.345 e. The van der Waals surface area contributed by atoms with Crippen LogP contribution in [-0.2, 0) is 11.2 Å². The van der Waals surface area contributed by atoms with Gasteiger partial charge in [-0.1, -0.05) is 38.1 Å². The molecule has 0 aliphatic carbocycles. The summed E-state index contributed by atoms with van der Waals surface area (Å²) in [5.74, 6) is -5.14. The van der Waals surface area contributed by atoms with Gasteiger partial charge in [0, 0.05) is 18.7 Å². The average Bonchev–Trinajstić information content (AvgIpc) is 2.93. The van der Waals surface area contributed by atoms with E-state index in [-0.39, 0.29) is 24.6 Å². The van der Waals surface area contributed by atoms with E-state index in [0.29, 0.717) is 23.0 Å². The summed E-state index contributed by atoms with van der Waals surface area (Å²) in [5.41, 5.74) is 1.87. The molecule has 2 aromatic carbocycles. The van der Waals surface area contributed by atoms with Crippen LogP contribution in [0.3, 0.4) is 0 Å². The molecule has 40 heavy (non-hydrogen) atoms. The number of aliphatic carboxylic acids is 1. The molecule has 1 unspecified atom stereocenters. The molecule has 214 valence electrons. The third-order valence-electron chi connectivity index (χ3n) is 5.65. The number of amides is 1. The zero-order valence-electron chi connectivity index (χ0n) is 21.7. The lowest BCUT2D eigenvalue weighted by molar-refractivity contribution is -0.148. The van der Waals surface area contributed by atoms with E-state index in [4.69, 9.17) is 9.47 Å². The Kier molecular flexibility index (Phi) is 10.3. The molecule has 0 bridgehead atoms. The number of carboxylic acid groups (broad SMARTS) is 1. The van der Waals surface area contributed by atoms with Crippen LogP contribution < -0.4 is 19.5 Å². The molecule has 0 saturated heterocycles. The molecule has 0 saturated carbocycles. The van der Waals surface area contributed by atoms with Crippen molar-refractivity contribution in [3.63, 3.8) is 0 Å². The van der Waals surface area contributed by atoms with Crippen molar-refractivity contribution in [3.05, 3.63) is 83.6 Å². The fourth-order valence-electron chi connectivity index (χ4n) is 3.33. The molecule has 0 aliphatic heterocycles. The van der Waals surface area contributed by atoms with Gasteiger partial charge in [0.15, 0.2) is 19.4 Å². The minimum Gasteiger partial charge on any atom is -0.478 e. The van der Waals surface area contributed by atoms with Crippen molar-refractivity contribution in [2.75, 3.05) is 13.3 Å². The molecule has 1 heterocycles. The summed E-state index contributed by atoms with van der Waals surface area (Å²) in [6.45, 7) is 2.35. The summed E-state index contributed by atoms with van der Waals surface area (Å²) in [6.07, 6.45) is -3.81. The van der Waals surface area contributed by atoms with E-state index >= 15 is 0 Å². The highest BCUT2D eigenvalue weighted by Crippen LogP contribution is 2.24. The number of carbonyl (C=O) groups is 2. The van der Waals surface area contributed by atoms with Crippen LogP contribution in [0.5, 0.6) is 17.4 Å². The smallest absolute Gasteiger partial charge is 0.345 e. The molecule has 0 aliphatic rings. The Morgan fingerprint density at radius 2 is 1.60 bits per heavy atom. The third kappa shape index (κ3) is 8.85. The number of carboxylic acids is 1. The first-order valence-electron chi connectivity index (χ1n) is 12.2. The number of nitrogens with one attached hydrogen (secondary N) is 1. The fourth-order valence-corrected chi connectivity index (χ4v) is 3.33. The summed E-state index contributed by atoms with van der Waals surface area (Å²) in [5, 5.41) is 12.1. The molecule has 3 rings (SSSR count). The number of nitrogens with zero attached hydrogens (tertiary/aromatic N) is 1. The molecule has 0 fully saturated rings. The van der Waals surface area contributed by atoms with Crippen molar-refractivity contribution in [2.45, 2.75) is 44.6 Å². The van der Waals surface area contributed by atoms with E-state index in [1.807, 2.05) is 12.1 Å². The molecule has 1 aromatic heterocycles. The van der Waals surface area contributed by atoms with Crippen molar-refractivity contribution in [3.8, 4) is 17.4 Å². The predicted octanol–water partition coefficient (Wildman–Crippen LogP) is 5.33. The first-order chi connectivity index (χ1) is 18.9. The van der Waals surface area contributed by atoms with Crippen LogP contribution in [0.15, 0.2) is 66.9 Å². The van der Waals surface area contributed by atoms with E-state index in [1.54, 1.807) is 36.4 Å². The van der Waals surface area contributed by atoms with E-state index in [1.165, 1.54) is 6.07 Å². The van der Waals surface area contributed by atoms with Crippen molar-refractivity contribution in [1.29, 1.82) is 0 Å². The highest BCUT2D eigenvalue weighted by Gasteiger charge is 2.41. The summed E-state index contributed by atoms with van der Waals surface area (Å²) in [6, 6.07) is 16.2. The second kappa shape index (κ2) is 13.6. The van der Waals surface area contributed by atoms with Gasteiger partial charge < -0.3 is 24.6 Å². The highest BCUT2D eigenvalue weighted by atomic mass is 19.3. The van der Waals surface area contributed by atoms with E-state index < -0.39 is 36.9 Å². The molecule has 1 amide bonds. The van der Waals surface area contributed by atoms with Crippen molar-refractivity contribution in [2.24, 2.45) is 0 Å². The normalized spacial score (nSPS) is 12.2. The predicted molar refractivity (Wildman–Crippen MR) is 136 cm³/mol. The van der Waals surface area contributed by atoms with Gasteiger partial charge in [-0.3, -0.25) is 4.79 Å². The van der Waals surface area contributed by atoms with Gasteiger partial charge in [0.1, 0.15) is 11.5 Å². The SMILES string of the molecule is CC(C)c1ccc(OC(Cc2ccc(OCNC(=O)c3ccc(OCC(F)(F)C(F)F)nc3)cc2)C(=O)O)cc1. The molecule has 2 N–H and O–H groups in total. The fraction of sp³-hybridized carbons (Fsp3) is 0.321. The second-order valence-corrected chi connectivity index (χ2v) is 9.05. The Bertz CT molecular complexity index is 1250. The number of halogens is 4. The van der Waals surface area contributed by atoms with Crippen LogP contribution in [-0.4, -0.2) is 53.8 Å². The molecule has 1 atom stereocenters. The summed E-state index contributed by atoms with van der Waals surface area (Å²) < 4.78 is 65.9. The molecular formula is C28H28F4N2O6. The van der Waals surface area contributed by atoms with Crippen LogP contribution in [0, 0.1) is 0 Å². The molecule has 0 spiro atoms. The number of hydrogen-bond acceptors (Lipinski definition) is 6. The van der Waals surface area contributed by atoms with Crippen LogP contribution in [0.25, 0.3) is 0 Å². The van der Waals surface area contributed by atoms with Crippen LogP contribution in [0.4, 0.5) is 17.6 Å². The van der Waals surface area contributed by atoms with Gasteiger partial charge in [-0.15, -0.1) is 0 Å². The maximum atomic E-state index is 12.9. The van der Waals surface area contributed by atoms with Gasteiger partial charge in [-0.25, -0.2) is 18.6 Å². The standard InChI is InChI=1S/C28H28F4N2O6/c1-17(2)19-5-10-22(11-6-19)40-23(26(36)37)13-18-3-8-21(9-4-18)39-16-34-25(35)20-7-12-24(33-14-20)38-15-28(31,32)27(29)30/h3-12,14,17,23,27H,13,15-16H2,1-2H3,(H,34,35)(H,36,37). The Balaban J connectivity index is 1.46. The molecule has 3 aromatic rings. The Morgan fingerprint density at radius 3 is 2.15 bits per heavy atom. The van der Waals surface area contributed by atoms with E-state index in [9.17, 15) is 32.3 Å². The van der Waals surface area contributed by atoms with Crippen molar-refractivity contribution >= 4 is 11.9 Å². The minimum absolute atomic E-state index is 0.0606. The first kappa shape index (κ1) is 30.2. The summed E-state index contributed by atoms with van der Waals surface area (Å²) >= 11 is 0. The number of rotatable bonds is 14. The van der Waals surface area contributed by atoms with Crippen LogP contribution in [0.1, 0.15) is 41.3 Å². The summed E-state index contributed by atoms with van der Waals surface area (Å²) in [7, 11) is 0. The van der Waals surface area contributed by atoms with Gasteiger partial charge >= 0.3 is 18.3 Å². The van der Waals surface area contributed by atoms with Gasteiger partial charge in [0.2, 0.25) is 5.88 Å². The maximum absolute atomic E-state index is 12.9. The lowest BCUT2D eigenvalue weighted by Gasteiger charge is -2.16. The van der Waals surface area contributed by atoms with Gasteiger partial charge in [-0.05, 0) is 47.4 Å². The first-order valence-corrected chi connectivity index (χ1v) is 12.2. The summed E-state index contributed by atoms with van der Waals surface area (Å²) in [4.78, 5) is 27.6. The third-order valence-corrected chi connectivity index (χ3v) is 5.65. The molecule has 0 radical (unpaired) electrons. The number of pyridine rings is 1. The second-order valence-electron chi connectivity index (χ2n) is 9.05. The van der Waals surface area contributed by atoms with E-state index in [0.717, 1.165) is 17.8 Å². The number of hydrogen-bond donors (Lipinski definition) is 2. The average molecular weight is 565 g/mol. The number of ether oxygens (including phenoxy) is 3. The number of benzene rings is 2. The molecular weight excluding hydrogens is 536 g/mol. The monoisotopic (exact) mass is 564 g/mol. The van der Waals surface area contributed by atoms with Crippen LogP contribution >= 0.6 is 0 Å². The zero-order valence-corrected chi connectivity index (χ0v) is 21.7. The number of carbonyl (C=O) groups excluding carboxylic acids is 1. The Morgan fingerprint density at radius 1 is 0.950 bits per heavy atom. The lowest BCUT2D eigenvalue weighted by Crippen LogP contribution is -2.34. The number of alkyl halides is 4. The zero-order chi connectivity index (χ0) is 29.3. The quantitative estimate of drug-likeness (QED) is 0.202. The van der Waals surface area contributed by atoms with Gasteiger partial charge in [0.05, 0.1) is 5.56 Å². The van der Waals surface area contributed by atoms with Crippen molar-refractivity contribution in [1.82, 2.24) is 10.3 Å². The Hall–Kier alpha value is -4.35. The lowest BCUT2D eigenvalue weighted by atomic mass is 10.0. The minimum atomic E-state index is -4.32. The Labute approximate surface area is 227 Å². The van der Waals surface area contributed by atoms with Crippen molar-refractivity contribution < 1.29 is 46.5 Å². The van der Waals surface area contributed by atoms with Crippen LogP contribution in [0.2, 0.25) is 0 Å². The number of aromatic nitrogens is 1. The largest absolute Gasteiger partial charge is 0.478 e. The van der Waals surface area contributed by atoms with Gasteiger partial charge in [0.25, 0.3) is 5.91 Å². The van der Waals surface area contributed by atoms with E-state index in [2.05, 4.69) is 28.9 Å². The topological polar surface area (TPSA) is 107 Å². The molecule has 12 heteroatoms. The highest BCUT2D eigenvalue weighted by molar-refractivity contribution is 5.93. The van der Waals surface area contributed by atoms with Gasteiger partial charge in [-0.2, -0.15) is 8.78 Å².